The number of amides is 1. The minimum absolute atomic E-state index is 0.0952. The molecule has 4 heterocycles. The quantitative estimate of drug-likeness (QED) is 0.682. The van der Waals surface area contributed by atoms with Crippen LogP contribution in [0.5, 0.6) is 0 Å². The molecule has 0 saturated carbocycles. The number of nitrogens with one attached hydrogen (secondary N) is 1. The molecule has 1 amide bonds. The first kappa shape index (κ1) is 19.3. The zero-order chi connectivity index (χ0) is 20.4. The molecule has 1 atom stereocenters. The van der Waals surface area contributed by atoms with E-state index in [1.54, 1.807) is 23.1 Å². The van der Waals surface area contributed by atoms with Gasteiger partial charge in [-0.05, 0) is 31.9 Å². The van der Waals surface area contributed by atoms with Crippen LogP contribution in [0.4, 0.5) is 0 Å². The molecule has 9 heteroatoms. The summed E-state index contributed by atoms with van der Waals surface area (Å²) in [6, 6.07) is 3.61. The Hall–Kier alpha value is -3.07. The second-order valence-corrected chi connectivity index (χ2v) is 7.42. The standard InChI is InChI=1S/C20H24N6O3/c1-12(2)18-24-20(29-25-18)14-6-7-21-17(9-14)26-13(3)16(11-23-26)19(27)22-10-15-5-4-8-28-15/h6-7,9,11-12,15H,4-5,8,10H2,1-3H3,(H,22,27)/t15-/m0/s1. The van der Waals surface area contributed by atoms with Gasteiger partial charge in [0, 0.05) is 30.8 Å². The fraction of sp³-hybridized carbons (Fsp3) is 0.450. The molecule has 1 saturated heterocycles. The lowest BCUT2D eigenvalue weighted by molar-refractivity contribution is 0.0857. The van der Waals surface area contributed by atoms with Crippen LogP contribution in [0.1, 0.15) is 54.5 Å². The minimum atomic E-state index is -0.168. The molecule has 29 heavy (non-hydrogen) atoms. The maximum absolute atomic E-state index is 12.5. The van der Waals surface area contributed by atoms with Crippen molar-refractivity contribution >= 4 is 5.91 Å². The molecule has 1 fully saturated rings. The highest BCUT2D eigenvalue weighted by molar-refractivity contribution is 5.95. The van der Waals surface area contributed by atoms with Crippen LogP contribution in [-0.4, -0.2) is 50.1 Å². The zero-order valence-corrected chi connectivity index (χ0v) is 16.8. The summed E-state index contributed by atoms with van der Waals surface area (Å²) in [7, 11) is 0. The number of rotatable bonds is 6. The van der Waals surface area contributed by atoms with Gasteiger partial charge in [-0.2, -0.15) is 10.1 Å². The van der Waals surface area contributed by atoms with Crippen molar-refractivity contribution in [3.8, 4) is 17.3 Å². The van der Waals surface area contributed by atoms with Crippen LogP contribution in [0.2, 0.25) is 0 Å². The van der Waals surface area contributed by atoms with Gasteiger partial charge in [-0.25, -0.2) is 9.67 Å². The fourth-order valence-electron chi connectivity index (χ4n) is 3.22. The number of ether oxygens (including phenoxy) is 1. The third-order valence-corrected chi connectivity index (χ3v) is 4.94. The molecule has 0 aliphatic carbocycles. The van der Waals surface area contributed by atoms with Crippen LogP contribution < -0.4 is 5.32 Å². The average Bonchev–Trinajstić information content (AvgIpc) is 3.47. The van der Waals surface area contributed by atoms with Crippen LogP contribution in [-0.2, 0) is 4.74 Å². The van der Waals surface area contributed by atoms with E-state index in [1.807, 2.05) is 26.8 Å². The van der Waals surface area contributed by atoms with E-state index in [2.05, 4.69) is 25.5 Å². The van der Waals surface area contributed by atoms with E-state index < -0.39 is 0 Å². The molecule has 0 spiro atoms. The maximum atomic E-state index is 12.5. The lowest BCUT2D eigenvalue weighted by Crippen LogP contribution is -2.32. The third kappa shape index (κ3) is 4.04. The van der Waals surface area contributed by atoms with E-state index in [1.165, 1.54) is 0 Å². The van der Waals surface area contributed by atoms with E-state index in [4.69, 9.17) is 9.26 Å². The molecular weight excluding hydrogens is 372 g/mol. The van der Waals surface area contributed by atoms with Crippen LogP contribution in [0, 0.1) is 6.92 Å². The topological polar surface area (TPSA) is 108 Å². The van der Waals surface area contributed by atoms with Gasteiger partial charge in [-0.15, -0.1) is 0 Å². The second-order valence-electron chi connectivity index (χ2n) is 7.42. The number of nitrogens with zero attached hydrogens (tertiary/aromatic N) is 5. The van der Waals surface area contributed by atoms with Gasteiger partial charge in [0.1, 0.15) is 0 Å². The predicted molar refractivity (Wildman–Crippen MR) is 105 cm³/mol. The van der Waals surface area contributed by atoms with E-state index in [0.29, 0.717) is 35.3 Å². The normalized spacial score (nSPS) is 16.5. The summed E-state index contributed by atoms with van der Waals surface area (Å²) >= 11 is 0. The molecule has 0 unspecified atom stereocenters. The van der Waals surface area contributed by atoms with Crippen molar-refractivity contribution in [1.29, 1.82) is 0 Å². The van der Waals surface area contributed by atoms with Gasteiger partial charge in [0.15, 0.2) is 11.6 Å². The molecule has 3 aromatic rings. The summed E-state index contributed by atoms with van der Waals surface area (Å²) in [5.74, 6) is 1.66. The Morgan fingerprint density at radius 3 is 3.00 bits per heavy atom. The summed E-state index contributed by atoms with van der Waals surface area (Å²) in [4.78, 5) is 21.3. The molecule has 1 N–H and O–H groups in total. The molecule has 0 aromatic carbocycles. The minimum Gasteiger partial charge on any atom is -0.376 e. The first-order chi connectivity index (χ1) is 14.0. The monoisotopic (exact) mass is 396 g/mol. The summed E-state index contributed by atoms with van der Waals surface area (Å²) < 4.78 is 12.5. The van der Waals surface area contributed by atoms with Gasteiger partial charge in [-0.1, -0.05) is 19.0 Å². The van der Waals surface area contributed by atoms with E-state index in [9.17, 15) is 4.79 Å². The number of carbonyl (C=O) groups is 1. The lowest BCUT2D eigenvalue weighted by Gasteiger charge is -2.10. The smallest absolute Gasteiger partial charge is 0.258 e. The Labute approximate surface area is 168 Å². The highest BCUT2D eigenvalue weighted by Crippen LogP contribution is 2.22. The highest BCUT2D eigenvalue weighted by Gasteiger charge is 2.20. The van der Waals surface area contributed by atoms with Gasteiger partial charge < -0.3 is 14.6 Å². The summed E-state index contributed by atoms with van der Waals surface area (Å²) in [5.41, 5.74) is 1.96. The van der Waals surface area contributed by atoms with Crippen LogP contribution in [0.25, 0.3) is 17.3 Å². The molecule has 1 aliphatic heterocycles. The molecule has 3 aromatic heterocycles. The molecule has 0 radical (unpaired) electrons. The summed E-state index contributed by atoms with van der Waals surface area (Å²) in [6.45, 7) is 7.12. The van der Waals surface area contributed by atoms with Crippen molar-refractivity contribution < 1.29 is 14.1 Å². The van der Waals surface area contributed by atoms with Gasteiger partial charge in [0.2, 0.25) is 0 Å². The van der Waals surface area contributed by atoms with Crippen molar-refractivity contribution in [2.24, 2.45) is 0 Å². The zero-order valence-electron chi connectivity index (χ0n) is 16.8. The van der Waals surface area contributed by atoms with Gasteiger partial charge in [-0.3, -0.25) is 4.79 Å². The lowest BCUT2D eigenvalue weighted by atomic mass is 10.2. The van der Waals surface area contributed by atoms with E-state index >= 15 is 0 Å². The molecule has 152 valence electrons. The van der Waals surface area contributed by atoms with Gasteiger partial charge in [0.05, 0.1) is 23.6 Å². The molecule has 4 rings (SSSR count). The average molecular weight is 396 g/mol. The Kier molecular flexibility index (Phi) is 5.39. The van der Waals surface area contributed by atoms with Crippen molar-refractivity contribution in [2.75, 3.05) is 13.2 Å². The number of hydrogen-bond donors (Lipinski definition) is 1. The predicted octanol–water partition coefficient (Wildman–Crippen LogP) is 2.66. The number of pyridine rings is 1. The van der Waals surface area contributed by atoms with Gasteiger partial charge >= 0.3 is 0 Å². The Bertz CT molecular complexity index is 1000. The van der Waals surface area contributed by atoms with Crippen molar-refractivity contribution in [3.63, 3.8) is 0 Å². The number of carbonyl (C=O) groups excluding carboxylic acids is 1. The van der Waals surface area contributed by atoms with Crippen LogP contribution in [0.15, 0.2) is 29.0 Å². The molecule has 1 aliphatic rings. The van der Waals surface area contributed by atoms with E-state index in [-0.39, 0.29) is 17.9 Å². The number of aromatic nitrogens is 5. The molecule has 0 bridgehead atoms. The third-order valence-electron chi connectivity index (χ3n) is 4.94. The van der Waals surface area contributed by atoms with Gasteiger partial charge in [0.25, 0.3) is 11.8 Å². The molecule has 9 nitrogen and oxygen atoms in total. The highest BCUT2D eigenvalue weighted by atomic mass is 16.5. The largest absolute Gasteiger partial charge is 0.376 e. The van der Waals surface area contributed by atoms with Crippen molar-refractivity contribution in [2.45, 2.75) is 45.6 Å². The van der Waals surface area contributed by atoms with E-state index in [0.717, 1.165) is 25.0 Å². The van der Waals surface area contributed by atoms with Crippen LogP contribution in [0.3, 0.4) is 0 Å². The first-order valence-electron chi connectivity index (χ1n) is 9.77. The first-order valence-corrected chi connectivity index (χ1v) is 9.77. The Morgan fingerprint density at radius 2 is 2.28 bits per heavy atom. The maximum Gasteiger partial charge on any atom is 0.258 e. The Morgan fingerprint density at radius 1 is 1.41 bits per heavy atom. The number of hydrogen-bond acceptors (Lipinski definition) is 7. The SMILES string of the molecule is Cc1c(C(=O)NC[C@@H]2CCCO2)cnn1-c1cc(-c2nc(C(C)C)no2)ccn1. The van der Waals surface area contributed by atoms with Crippen molar-refractivity contribution in [3.05, 3.63) is 41.6 Å². The summed E-state index contributed by atoms with van der Waals surface area (Å²) in [6.07, 6.45) is 5.32. The Balaban J connectivity index is 1.53. The van der Waals surface area contributed by atoms with Crippen LogP contribution >= 0.6 is 0 Å². The fourth-order valence-corrected chi connectivity index (χ4v) is 3.22. The molecular formula is C20H24N6O3. The summed E-state index contributed by atoms with van der Waals surface area (Å²) in [5, 5.41) is 11.3. The van der Waals surface area contributed by atoms with Crippen molar-refractivity contribution in [1.82, 2.24) is 30.2 Å². The second kappa shape index (κ2) is 8.12.